The Morgan fingerprint density at radius 1 is 1.32 bits per heavy atom. The molecule has 1 atom stereocenters. The fourth-order valence-corrected chi connectivity index (χ4v) is 3.28. The number of benzene rings is 1. The maximum Gasteiger partial charge on any atom is 0.0304 e. The van der Waals surface area contributed by atoms with Crippen LogP contribution in [0, 0.1) is 0 Å². The molecule has 2 nitrogen and oxygen atoms in total. The molecule has 1 saturated heterocycles. The molecule has 3 heteroatoms. The smallest absolute Gasteiger partial charge is 0.0304 e. The molecule has 1 aromatic rings. The van der Waals surface area contributed by atoms with Crippen molar-refractivity contribution >= 4 is 15.9 Å². The number of halogens is 1. The largest absolute Gasteiger partial charge is 0.308 e. The van der Waals surface area contributed by atoms with Gasteiger partial charge in [0.2, 0.25) is 0 Å². The summed E-state index contributed by atoms with van der Waals surface area (Å²) in [6, 6.07) is 9.16. The fourth-order valence-electron chi connectivity index (χ4n) is 2.87. The molecule has 1 aliphatic heterocycles. The minimum absolute atomic E-state index is 0.299. The molecule has 1 aliphatic rings. The van der Waals surface area contributed by atoms with Gasteiger partial charge in [0.1, 0.15) is 0 Å². The molecule has 0 aromatic heterocycles. The Hall–Kier alpha value is -0.380. The average Bonchev–Trinajstić information content (AvgIpc) is 2.44. The summed E-state index contributed by atoms with van der Waals surface area (Å²) in [5.74, 6) is 0. The molecule has 0 amide bonds. The van der Waals surface area contributed by atoms with Crippen LogP contribution < -0.4 is 5.32 Å². The predicted molar refractivity (Wildman–Crippen MR) is 85.3 cm³/mol. The van der Waals surface area contributed by atoms with Gasteiger partial charge in [0.25, 0.3) is 0 Å². The third-order valence-electron chi connectivity index (χ3n) is 4.59. The molecule has 1 heterocycles. The second kappa shape index (κ2) is 6.38. The Balaban J connectivity index is 2.12. The molecule has 0 spiro atoms. The summed E-state index contributed by atoms with van der Waals surface area (Å²) < 4.78 is 1.22. The standard InChI is InChI=1S/C16H25BrN2/c1-4-16(5-2)12-19(13(3)10-18-16)11-14-8-6-7-9-15(14)17/h6-9,13,18H,4-5,10-12H2,1-3H3. The van der Waals surface area contributed by atoms with Gasteiger partial charge in [-0.3, -0.25) is 4.90 Å². The summed E-state index contributed by atoms with van der Waals surface area (Å²) in [5, 5.41) is 3.76. The van der Waals surface area contributed by atoms with E-state index in [1.165, 1.54) is 22.9 Å². The molecule has 1 unspecified atom stereocenters. The quantitative estimate of drug-likeness (QED) is 0.906. The van der Waals surface area contributed by atoms with Crippen molar-refractivity contribution in [3.63, 3.8) is 0 Å². The van der Waals surface area contributed by atoms with Gasteiger partial charge in [-0.05, 0) is 31.4 Å². The normalized spacial score (nSPS) is 23.5. The molecule has 19 heavy (non-hydrogen) atoms. The van der Waals surface area contributed by atoms with E-state index in [-0.39, 0.29) is 0 Å². The zero-order chi connectivity index (χ0) is 13.9. The maximum absolute atomic E-state index is 3.76. The monoisotopic (exact) mass is 324 g/mol. The zero-order valence-electron chi connectivity index (χ0n) is 12.2. The predicted octanol–water partition coefficient (Wildman–Crippen LogP) is 3.80. The lowest BCUT2D eigenvalue weighted by atomic mass is 9.88. The number of nitrogens with one attached hydrogen (secondary N) is 1. The van der Waals surface area contributed by atoms with Gasteiger partial charge in [-0.15, -0.1) is 0 Å². The highest BCUT2D eigenvalue weighted by molar-refractivity contribution is 9.10. The third-order valence-corrected chi connectivity index (χ3v) is 5.36. The zero-order valence-corrected chi connectivity index (χ0v) is 13.8. The van der Waals surface area contributed by atoms with Crippen molar-refractivity contribution in [3.8, 4) is 0 Å². The van der Waals surface area contributed by atoms with Crippen LogP contribution in [0.4, 0.5) is 0 Å². The molecule has 0 radical (unpaired) electrons. The molecule has 0 saturated carbocycles. The van der Waals surface area contributed by atoms with E-state index >= 15 is 0 Å². The first-order valence-electron chi connectivity index (χ1n) is 7.32. The van der Waals surface area contributed by atoms with Gasteiger partial charge < -0.3 is 5.32 Å². The SMILES string of the molecule is CCC1(CC)CN(Cc2ccccc2Br)C(C)CN1. The summed E-state index contributed by atoms with van der Waals surface area (Å²) in [6.45, 7) is 10.2. The van der Waals surface area contributed by atoms with E-state index in [2.05, 4.69) is 71.2 Å². The second-order valence-corrected chi connectivity index (χ2v) is 6.57. The molecule has 1 N–H and O–H groups in total. The highest BCUT2D eigenvalue weighted by atomic mass is 79.9. The van der Waals surface area contributed by atoms with Crippen LogP contribution in [-0.2, 0) is 6.54 Å². The summed E-state index contributed by atoms with van der Waals surface area (Å²) in [5.41, 5.74) is 1.69. The molecule has 2 rings (SSSR count). The second-order valence-electron chi connectivity index (χ2n) is 5.71. The van der Waals surface area contributed by atoms with E-state index in [4.69, 9.17) is 0 Å². The van der Waals surface area contributed by atoms with Crippen LogP contribution in [0.5, 0.6) is 0 Å². The summed E-state index contributed by atoms with van der Waals surface area (Å²) in [6.07, 6.45) is 2.39. The lowest BCUT2D eigenvalue weighted by Gasteiger charge is -2.46. The Labute approximate surface area is 125 Å². The Morgan fingerprint density at radius 3 is 2.63 bits per heavy atom. The number of piperazine rings is 1. The van der Waals surface area contributed by atoms with Crippen molar-refractivity contribution in [2.24, 2.45) is 0 Å². The summed E-state index contributed by atoms with van der Waals surface area (Å²) >= 11 is 3.66. The van der Waals surface area contributed by atoms with Gasteiger partial charge in [0.15, 0.2) is 0 Å². The van der Waals surface area contributed by atoms with Gasteiger partial charge >= 0.3 is 0 Å². The number of hydrogen-bond acceptors (Lipinski definition) is 2. The first kappa shape index (κ1) is 15.0. The Morgan fingerprint density at radius 2 is 2.00 bits per heavy atom. The van der Waals surface area contributed by atoms with Gasteiger partial charge in [-0.1, -0.05) is 48.0 Å². The van der Waals surface area contributed by atoms with Gasteiger partial charge in [-0.25, -0.2) is 0 Å². The first-order valence-corrected chi connectivity index (χ1v) is 8.12. The van der Waals surface area contributed by atoms with Crippen LogP contribution in [0.2, 0.25) is 0 Å². The van der Waals surface area contributed by atoms with Gasteiger partial charge in [0, 0.05) is 35.7 Å². The lowest BCUT2D eigenvalue weighted by Crippen LogP contribution is -2.62. The van der Waals surface area contributed by atoms with Crippen LogP contribution >= 0.6 is 15.9 Å². The molecule has 1 fully saturated rings. The topological polar surface area (TPSA) is 15.3 Å². The van der Waals surface area contributed by atoms with Gasteiger partial charge in [0.05, 0.1) is 0 Å². The highest BCUT2D eigenvalue weighted by Gasteiger charge is 2.34. The van der Waals surface area contributed by atoms with E-state index in [0.717, 1.165) is 19.6 Å². The Kier molecular flexibility index (Phi) is 5.04. The molecule has 106 valence electrons. The third kappa shape index (κ3) is 3.39. The van der Waals surface area contributed by atoms with Crippen molar-refractivity contribution in [3.05, 3.63) is 34.3 Å². The molecular formula is C16H25BrN2. The number of rotatable bonds is 4. The fraction of sp³-hybridized carbons (Fsp3) is 0.625. The summed E-state index contributed by atoms with van der Waals surface area (Å²) in [7, 11) is 0. The summed E-state index contributed by atoms with van der Waals surface area (Å²) in [4.78, 5) is 2.61. The maximum atomic E-state index is 3.76. The van der Waals surface area contributed by atoms with Crippen LogP contribution in [0.3, 0.4) is 0 Å². The van der Waals surface area contributed by atoms with Crippen molar-refractivity contribution in [2.75, 3.05) is 13.1 Å². The van der Waals surface area contributed by atoms with E-state index < -0.39 is 0 Å². The Bertz CT molecular complexity index is 415. The van der Waals surface area contributed by atoms with Crippen molar-refractivity contribution in [1.82, 2.24) is 10.2 Å². The average molecular weight is 325 g/mol. The van der Waals surface area contributed by atoms with E-state index in [1.807, 2.05) is 0 Å². The molecule has 1 aromatic carbocycles. The minimum atomic E-state index is 0.299. The van der Waals surface area contributed by atoms with Crippen LogP contribution in [0.25, 0.3) is 0 Å². The molecule has 0 aliphatic carbocycles. The van der Waals surface area contributed by atoms with Crippen LogP contribution in [0.1, 0.15) is 39.2 Å². The van der Waals surface area contributed by atoms with E-state index in [0.29, 0.717) is 11.6 Å². The van der Waals surface area contributed by atoms with Crippen molar-refractivity contribution in [1.29, 1.82) is 0 Å². The molecule has 0 bridgehead atoms. The number of nitrogens with zero attached hydrogens (tertiary/aromatic N) is 1. The number of hydrogen-bond donors (Lipinski definition) is 1. The van der Waals surface area contributed by atoms with E-state index in [9.17, 15) is 0 Å². The minimum Gasteiger partial charge on any atom is -0.308 e. The highest BCUT2D eigenvalue weighted by Crippen LogP contribution is 2.26. The first-order chi connectivity index (χ1) is 9.10. The van der Waals surface area contributed by atoms with E-state index in [1.54, 1.807) is 0 Å². The van der Waals surface area contributed by atoms with Gasteiger partial charge in [-0.2, -0.15) is 0 Å². The molecular weight excluding hydrogens is 300 g/mol. The van der Waals surface area contributed by atoms with Crippen LogP contribution in [0.15, 0.2) is 28.7 Å². The lowest BCUT2D eigenvalue weighted by molar-refractivity contribution is 0.0744. The van der Waals surface area contributed by atoms with Crippen LogP contribution in [-0.4, -0.2) is 29.6 Å². The van der Waals surface area contributed by atoms with Crippen molar-refractivity contribution < 1.29 is 0 Å². The van der Waals surface area contributed by atoms with Crippen molar-refractivity contribution in [2.45, 2.75) is 51.7 Å².